The fourth-order valence-corrected chi connectivity index (χ4v) is 4.96. The first kappa shape index (κ1) is 19.8. The Morgan fingerprint density at radius 1 is 0.935 bits per heavy atom. The van der Waals surface area contributed by atoms with E-state index in [-0.39, 0.29) is 11.9 Å². The first-order valence-electron chi connectivity index (χ1n) is 10.8. The summed E-state index contributed by atoms with van der Waals surface area (Å²) < 4.78 is 2.19. The summed E-state index contributed by atoms with van der Waals surface area (Å²) in [4.78, 5) is 14.7. The summed E-state index contributed by atoms with van der Waals surface area (Å²) in [6.45, 7) is 1.56. The molecule has 0 unspecified atom stereocenters. The Bertz CT molecular complexity index is 1130. The lowest BCUT2D eigenvalue weighted by Crippen LogP contribution is -2.40. The maximum Gasteiger partial charge on any atom is 0.227 e. The Labute approximate surface area is 186 Å². The summed E-state index contributed by atoms with van der Waals surface area (Å²) in [5.74, 6) is 0.227. The lowest BCUT2D eigenvalue weighted by atomic mass is 10.0. The third kappa shape index (κ3) is 4.32. The van der Waals surface area contributed by atoms with Crippen LogP contribution in [0.1, 0.15) is 24.4 Å². The minimum atomic E-state index is 0.227. The van der Waals surface area contributed by atoms with E-state index in [9.17, 15) is 4.79 Å². The van der Waals surface area contributed by atoms with Gasteiger partial charge >= 0.3 is 0 Å². The molecule has 3 heterocycles. The van der Waals surface area contributed by atoms with Gasteiger partial charge in [-0.1, -0.05) is 60.7 Å². The van der Waals surface area contributed by atoms with Crippen LogP contribution in [0.2, 0.25) is 0 Å². The van der Waals surface area contributed by atoms with Gasteiger partial charge in [0, 0.05) is 18.7 Å². The summed E-state index contributed by atoms with van der Waals surface area (Å²) in [5, 5.41) is 9.12. The number of carbonyl (C=O) groups is 1. The molecule has 1 fully saturated rings. The van der Waals surface area contributed by atoms with Crippen LogP contribution >= 0.6 is 11.3 Å². The van der Waals surface area contributed by atoms with Crippen LogP contribution in [0.5, 0.6) is 0 Å². The molecular formula is C26H25N3OS. The highest BCUT2D eigenvalue weighted by atomic mass is 32.1. The van der Waals surface area contributed by atoms with Crippen molar-refractivity contribution in [3.05, 3.63) is 89.1 Å². The van der Waals surface area contributed by atoms with Crippen LogP contribution in [0, 0.1) is 0 Å². The van der Waals surface area contributed by atoms with E-state index in [2.05, 4.69) is 52.5 Å². The fourth-order valence-electron chi connectivity index (χ4n) is 4.29. The second-order valence-electron chi connectivity index (χ2n) is 8.01. The van der Waals surface area contributed by atoms with Gasteiger partial charge < -0.3 is 4.90 Å². The Morgan fingerprint density at radius 2 is 1.61 bits per heavy atom. The zero-order chi connectivity index (χ0) is 21.0. The number of nitrogens with zero attached hydrogens (tertiary/aromatic N) is 3. The lowest BCUT2D eigenvalue weighted by Gasteiger charge is -2.33. The van der Waals surface area contributed by atoms with Crippen molar-refractivity contribution >= 4 is 17.2 Å². The highest BCUT2D eigenvalue weighted by molar-refractivity contribution is 7.08. The van der Waals surface area contributed by atoms with Gasteiger partial charge in [0.05, 0.1) is 23.9 Å². The highest BCUT2D eigenvalue weighted by Crippen LogP contribution is 2.32. The van der Waals surface area contributed by atoms with Gasteiger partial charge in [-0.3, -0.25) is 9.48 Å². The Balaban J connectivity index is 1.37. The van der Waals surface area contributed by atoms with Gasteiger partial charge in [-0.25, -0.2) is 0 Å². The molecule has 0 bridgehead atoms. The van der Waals surface area contributed by atoms with Gasteiger partial charge in [-0.15, -0.1) is 0 Å². The van der Waals surface area contributed by atoms with Gasteiger partial charge in [-0.05, 0) is 46.9 Å². The summed E-state index contributed by atoms with van der Waals surface area (Å²) >= 11 is 1.64. The van der Waals surface area contributed by atoms with Gasteiger partial charge in [0.2, 0.25) is 5.91 Å². The Hall–Kier alpha value is -3.18. The summed E-state index contributed by atoms with van der Waals surface area (Å²) in [6, 6.07) is 25.3. The van der Waals surface area contributed by atoms with E-state index in [4.69, 9.17) is 5.10 Å². The third-order valence-corrected chi connectivity index (χ3v) is 6.71. The summed E-state index contributed by atoms with van der Waals surface area (Å²) in [5.41, 5.74) is 5.55. The van der Waals surface area contributed by atoms with Gasteiger partial charge in [0.15, 0.2) is 0 Å². The molecule has 5 heteroatoms. The molecule has 0 aliphatic carbocycles. The molecule has 0 saturated carbocycles. The molecule has 0 spiro atoms. The minimum Gasteiger partial charge on any atom is -0.342 e. The van der Waals surface area contributed by atoms with E-state index in [1.54, 1.807) is 11.3 Å². The number of rotatable bonds is 5. The van der Waals surface area contributed by atoms with Crippen LogP contribution in [0.15, 0.2) is 83.6 Å². The molecule has 2 aromatic carbocycles. The van der Waals surface area contributed by atoms with E-state index < -0.39 is 0 Å². The predicted octanol–water partition coefficient (Wildman–Crippen LogP) is 5.68. The molecule has 5 rings (SSSR count). The molecule has 0 atom stereocenters. The quantitative estimate of drug-likeness (QED) is 0.411. The van der Waals surface area contributed by atoms with Crippen molar-refractivity contribution < 1.29 is 4.79 Å². The molecule has 1 aliphatic heterocycles. The Kier molecular flexibility index (Phi) is 5.67. The van der Waals surface area contributed by atoms with Crippen LogP contribution in [0.3, 0.4) is 0 Å². The molecule has 156 valence electrons. The predicted molar refractivity (Wildman–Crippen MR) is 126 cm³/mol. The van der Waals surface area contributed by atoms with Crippen LogP contribution in [-0.2, 0) is 11.2 Å². The van der Waals surface area contributed by atoms with Crippen molar-refractivity contribution in [2.45, 2.75) is 25.3 Å². The number of aromatic nitrogens is 2. The minimum absolute atomic E-state index is 0.227. The molecule has 1 aliphatic rings. The third-order valence-electron chi connectivity index (χ3n) is 5.97. The molecule has 31 heavy (non-hydrogen) atoms. The molecule has 4 nitrogen and oxygen atoms in total. The molecule has 0 N–H and O–H groups in total. The van der Waals surface area contributed by atoms with Crippen molar-refractivity contribution in [1.29, 1.82) is 0 Å². The zero-order valence-corrected chi connectivity index (χ0v) is 18.2. The maximum absolute atomic E-state index is 12.7. The van der Waals surface area contributed by atoms with Crippen molar-refractivity contribution in [2.75, 3.05) is 13.1 Å². The number of benzene rings is 2. The maximum atomic E-state index is 12.7. The number of hydrogen-bond acceptors (Lipinski definition) is 3. The second-order valence-corrected chi connectivity index (χ2v) is 8.79. The average Bonchev–Trinajstić information content (AvgIpc) is 3.51. The molecular weight excluding hydrogens is 402 g/mol. The molecule has 0 radical (unpaired) electrons. The second kappa shape index (κ2) is 8.90. The number of amides is 1. The number of thiophene rings is 1. The van der Waals surface area contributed by atoms with Crippen molar-refractivity contribution in [1.82, 2.24) is 14.7 Å². The zero-order valence-electron chi connectivity index (χ0n) is 17.4. The number of piperidine rings is 1. The van der Waals surface area contributed by atoms with E-state index in [1.807, 2.05) is 40.6 Å². The first-order valence-corrected chi connectivity index (χ1v) is 11.7. The number of hydrogen-bond donors (Lipinski definition) is 0. The van der Waals surface area contributed by atoms with Crippen molar-refractivity contribution in [3.63, 3.8) is 0 Å². The van der Waals surface area contributed by atoms with E-state index in [0.717, 1.165) is 48.4 Å². The average molecular weight is 428 g/mol. The van der Waals surface area contributed by atoms with Gasteiger partial charge in [0.25, 0.3) is 0 Å². The van der Waals surface area contributed by atoms with Gasteiger partial charge in [0.1, 0.15) is 0 Å². The molecule has 2 aromatic heterocycles. The van der Waals surface area contributed by atoms with Crippen LogP contribution in [-0.4, -0.2) is 33.7 Å². The van der Waals surface area contributed by atoms with E-state index >= 15 is 0 Å². The van der Waals surface area contributed by atoms with Crippen molar-refractivity contribution in [2.24, 2.45) is 0 Å². The largest absolute Gasteiger partial charge is 0.342 e. The van der Waals surface area contributed by atoms with Gasteiger partial charge in [-0.2, -0.15) is 16.4 Å². The standard InChI is InChI=1S/C26H25N3OS/c30-26(17-20-13-16-31-19-20)28-14-11-23(12-15-28)29-25(22-9-5-2-6-10-22)18-24(27-29)21-7-3-1-4-8-21/h1-10,13,16,18-19,23H,11-12,14-15,17H2. The summed E-state index contributed by atoms with van der Waals surface area (Å²) in [6.07, 6.45) is 2.35. The topological polar surface area (TPSA) is 38.1 Å². The van der Waals surface area contributed by atoms with E-state index in [1.165, 1.54) is 5.56 Å². The van der Waals surface area contributed by atoms with Crippen LogP contribution < -0.4 is 0 Å². The van der Waals surface area contributed by atoms with E-state index in [0.29, 0.717) is 6.42 Å². The SMILES string of the molecule is O=C(Cc1ccsc1)N1CCC(n2nc(-c3ccccc3)cc2-c2ccccc2)CC1. The normalized spacial score (nSPS) is 14.6. The first-order chi connectivity index (χ1) is 15.3. The fraction of sp³-hybridized carbons (Fsp3) is 0.231. The lowest BCUT2D eigenvalue weighted by molar-refractivity contribution is -0.131. The highest BCUT2D eigenvalue weighted by Gasteiger charge is 2.26. The monoisotopic (exact) mass is 427 g/mol. The Morgan fingerprint density at radius 3 is 2.26 bits per heavy atom. The number of carbonyl (C=O) groups excluding carboxylic acids is 1. The van der Waals surface area contributed by atoms with Crippen LogP contribution in [0.25, 0.3) is 22.5 Å². The molecule has 1 amide bonds. The molecule has 1 saturated heterocycles. The van der Waals surface area contributed by atoms with Crippen LogP contribution in [0.4, 0.5) is 0 Å². The summed E-state index contributed by atoms with van der Waals surface area (Å²) in [7, 11) is 0. The number of likely N-dealkylation sites (tertiary alicyclic amines) is 1. The van der Waals surface area contributed by atoms with Crippen molar-refractivity contribution in [3.8, 4) is 22.5 Å². The smallest absolute Gasteiger partial charge is 0.227 e. The molecule has 4 aromatic rings.